The van der Waals surface area contributed by atoms with Gasteiger partial charge in [0, 0.05) is 18.6 Å². The highest BCUT2D eigenvalue weighted by Gasteiger charge is 2.39. The number of benzene rings is 1. The third-order valence-electron chi connectivity index (χ3n) is 5.58. The van der Waals surface area contributed by atoms with Gasteiger partial charge in [0.05, 0.1) is 0 Å². The molecule has 4 rings (SSSR count). The fourth-order valence-corrected chi connectivity index (χ4v) is 3.96. The van der Waals surface area contributed by atoms with E-state index in [0.29, 0.717) is 0 Å². The average Bonchev–Trinajstić information content (AvgIpc) is 3.16. The van der Waals surface area contributed by atoms with Crippen molar-refractivity contribution in [3.8, 4) is 0 Å². The molecule has 3 aliphatic rings. The summed E-state index contributed by atoms with van der Waals surface area (Å²) in [4.78, 5) is 2.78. The minimum atomic E-state index is 0.772. The highest BCUT2D eigenvalue weighted by Crippen LogP contribution is 2.37. The highest BCUT2D eigenvalue weighted by molar-refractivity contribution is 5.21. The van der Waals surface area contributed by atoms with E-state index in [9.17, 15) is 0 Å². The normalized spacial score (nSPS) is 34.1. The Morgan fingerprint density at radius 3 is 2.55 bits per heavy atom. The van der Waals surface area contributed by atoms with Crippen LogP contribution in [0.25, 0.3) is 0 Å². The first-order valence-corrected chi connectivity index (χ1v) is 8.42. The van der Waals surface area contributed by atoms with Crippen LogP contribution >= 0.6 is 0 Å². The molecule has 1 N–H and O–H groups in total. The van der Waals surface area contributed by atoms with Crippen LogP contribution in [-0.4, -0.2) is 36.6 Å². The lowest BCUT2D eigenvalue weighted by Crippen LogP contribution is -2.49. The molecule has 20 heavy (non-hydrogen) atoms. The molecular weight excluding hydrogens is 244 g/mol. The Balaban J connectivity index is 1.31. The smallest absolute Gasteiger partial charge is 0.0136 e. The first-order valence-electron chi connectivity index (χ1n) is 8.42. The summed E-state index contributed by atoms with van der Waals surface area (Å²) in [5.74, 6) is 1.69. The number of likely N-dealkylation sites (tertiary alicyclic amines) is 1. The summed E-state index contributed by atoms with van der Waals surface area (Å²) in [7, 11) is 0. The Bertz CT molecular complexity index is 440. The maximum absolute atomic E-state index is 3.73. The maximum atomic E-state index is 3.73. The van der Waals surface area contributed by atoms with Gasteiger partial charge < -0.3 is 5.32 Å². The minimum absolute atomic E-state index is 0.772. The molecule has 2 saturated carbocycles. The molecule has 1 heterocycles. The molecule has 1 aromatic carbocycles. The number of hydrogen-bond donors (Lipinski definition) is 1. The molecule has 2 heteroatoms. The van der Waals surface area contributed by atoms with Crippen LogP contribution in [0.2, 0.25) is 0 Å². The summed E-state index contributed by atoms with van der Waals surface area (Å²) in [6.45, 7) is 3.86. The van der Waals surface area contributed by atoms with E-state index in [0.717, 1.165) is 23.9 Å². The molecule has 0 radical (unpaired) electrons. The van der Waals surface area contributed by atoms with Crippen LogP contribution in [-0.2, 0) is 0 Å². The summed E-state index contributed by atoms with van der Waals surface area (Å²) in [6, 6.07) is 12.8. The van der Waals surface area contributed by atoms with Gasteiger partial charge in [-0.2, -0.15) is 0 Å². The molecule has 1 aromatic rings. The summed E-state index contributed by atoms with van der Waals surface area (Å²) in [5.41, 5.74) is 1.54. The van der Waals surface area contributed by atoms with Crippen molar-refractivity contribution in [1.29, 1.82) is 0 Å². The summed E-state index contributed by atoms with van der Waals surface area (Å²) in [5, 5.41) is 3.73. The second-order valence-electron chi connectivity index (χ2n) is 6.98. The molecule has 1 aliphatic heterocycles. The Hall–Kier alpha value is -0.860. The van der Waals surface area contributed by atoms with Gasteiger partial charge in [-0.1, -0.05) is 30.3 Å². The lowest BCUT2D eigenvalue weighted by molar-refractivity contribution is 0.0809. The minimum Gasteiger partial charge on any atom is -0.314 e. The Labute approximate surface area is 122 Å². The first-order chi connectivity index (χ1) is 9.90. The molecule has 108 valence electrons. The van der Waals surface area contributed by atoms with E-state index in [1.54, 1.807) is 5.56 Å². The maximum Gasteiger partial charge on any atom is 0.0136 e. The fraction of sp³-hybridized carbons (Fsp3) is 0.667. The van der Waals surface area contributed by atoms with Gasteiger partial charge in [-0.05, 0) is 62.6 Å². The lowest BCUT2D eigenvalue weighted by atomic mass is 9.78. The van der Waals surface area contributed by atoms with E-state index in [1.165, 1.54) is 51.7 Å². The van der Waals surface area contributed by atoms with Crippen LogP contribution in [0.15, 0.2) is 30.3 Å². The van der Waals surface area contributed by atoms with Gasteiger partial charge in [-0.15, -0.1) is 0 Å². The predicted octanol–water partition coefficient (Wildman–Crippen LogP) is 3.01. The predicted molar refractivity (Wildman–Crippen MR) is 82.9 cm³/mol. The molecule has 2 nitrogen and oxygen atoms in total. The monoisotopic (exact) mass is 270 g/mol. The zero-order valence-corrected chi connectivity index (χ0v) is 12.3. The van der Waals surface area contributed by atoms with Crippen molar-refractivity contribution in [3.05, 3.63) is 35.9 Å². The molecule has 0 spiro atoms. The van der Waals surface area contributed by atoms with Crippen molar-refractivity contribution in [3.63, 3.8) is 0 Å². The molecule has 3 unspecified atom stereocenters. The number of nitrogens with one attached hydrogen (secondary N) is 1. The SMILES string of the molecule is c1ccc(C2CCN(C3CCC3CNC3CC3)C2)cc1. The lowest BCUT2D eigenvalue weighted by Gasteiger charge is -2.43. The molecule has 0 amide bonds. The summed E-state index contributed by atoms with van der Waals surface area (Å²) in [6.07, 6.45) is 7.05. The van der Waals surface area contributed by atoms with E-state index >= 15 is 0 Å². The third kappa shape index (κ3) is 2.64. The molecule has 2 aliphatic carbocycles. The molecule has 1 saturated heterocycles. The summed E-state index contributed by atoms with van der Waals surface area (Å²) < 4.78 is 0. The molecule has 3 atom stereocenters. The number of rotatable bonds is 5. The highest BCUT2D eigenvalue weighted by atomic mass is 15.2. The topological polar surface area (TPSA) is 15.3 Å². The molecule has 0 aromatic heterocycles. The van der Waals surface area contributed by atoms with Crippen LogP contribution in [0.5, 0.6) is 0 Å². The van der Waals surface area contributed by atoms with E-state index in [-0.39, 0.29) is 0 Å². The number of hydrogen-bond acceptors (Lipinski definition) is 2. The van der Waals surface area contributed by atoms with Gasteiger partial charge in [0.25, 0.3) is 0 Å². The van der Waals surface area contributed by atoms with Crippen LogP contribution in [0, 0.1) is 5.92 Å². The second-order valence-corrected chi connectivity index (χ2v) is 6.98. The van der Waals surface area contributed by atoms with Crippen molar-refractivity contribution >= 4 is 0 Å². The van der Waals surface area contributed by atoms with E-state index in [2.05, 4.69) is 40.5 Å². The van der Waals surface area contributed by atoms with Crippen molar-refractivity contribution < 1.29 is 0 Å². The standard InChI is InChI=1S/C18H26N2/c1-2-4-14(5-3-1)16-10-11-20(13-16)18-9-6-15(18)12-19-17-7-8-17/h1-5,15-19H,6-13H2. The van der Waals surface area contributed by atoms with Gasteiger partial charge in [0.2, 0.25) is 0 Å². The van der Waals surface area contributed by atoms with Gasteiger partial charge in [-0.25, -0.2) is 0 Å². The molecule has 0 bridgehead atoms. The number of nitrogens with zero attached hydrogens (tertiary/aromatic N) is 1. The van der Waals surface area contributed by atoms with Crippen LogP contribution in [0.3, 0.4) is 0 Å². The fourth-order valence-electron chi connectivity index (χ4n) is 3.96. The summed E-state index contributed by atoms with van der Waals surface area (Å²) >= 11 is 0. The second kappa shape index (κ2) is 5.50. The van der Waals surface area contributed by atoms with Crippen LogP contribution < -0.4 is 5.32 Å². The van der Waals surface area contributed by atoms with Crippen LogP contribution in [0.4, 0.5) is 0 Å². The van der Waals surface area contributed by atoms with E-state index < -0.39 is 0 Å². The van der Waals surface area contributed by atoms with E-state index in [4.69, 9.17) is 0 Å². The van der Waals surface area contributed by atoms with Crippen molar-refractivity contribution in [2.45, 2.75) is 50.1 Å². The first kappa shape index (κ1) is 12.8. The van der Waals surface area contributed by atoms with Crippen molar-refractivity contribution in [2.75, 3.05) is 19.6 Å². The molecular formula is C18H26N2. The van der Waals surface area contributed by atoms with E-state index in [1.807, 2.05) is 0 Å². The largest absolute Gasteiger partial charge is 0.314 e. The third-order valence-corrected chi connectivity index (χ3v) is 5.58. The van der Waals surface area contributed by atoms with Crippen molar-refractivity contribution in [1.82, 2.24) is 10.2 Å². The van der Waals surface area contributed by atoms with Gasteiger partial charge in [-0.3, -0.25) is 4.90 Å². The Morgan fingerprint density at radius 1 is 1.00 bits per heavy atom. The molecule has 3 fully saturated rings. The quantitative estimate of drug-likeness (QED) is 0.885. The Morgan fingerprint density at radius 2 is 1.85 bits per heavy atom. The van der Waals surface area contributed by atoms with Gasteiger partial charge >= 0.3 is 0 Å². The van der Waals surface area contributed by atoms with Crippen molar-refractivity contribution in [2.24, 2.45) is 5.92 Å². The van der Waals surface area contributed by atoms with Crippen LogP contribution in [0.1, 0.15) is 43.6 Å². The van der Waals surface area contributed by atoms with Gasteiger partial charge in [0.1, 0.15) is 0 Å². The Kier molecular flexibility index (Phi) is 3.53. The zero-order chi connectivity index (χ0) is 13.4. The zero-order valence-electron chi connectivity index (χ0n) is 12.3. The average molecular weight is 270 g/mol. The van der Waals surface area contributed by atoms with Gasteiger partial charge in [0.15, 0.2) is 0 Å².